The minimum atomic E-state index is -0.770. The minimum Gasteiger partial charge on any atom is -0.390 e. The Balaban J connectivity index is 0.000000255. The number of hydrogen-bond donors (Lipinski definition) is 1. The van der Waals surface area contributed by atoms with Gasteiger partial charge in [-0.15, -0.1) is 0 Å². The maximum absolute atomic E-state index is 10.4. The van der Waals surface area contributed by atoms with Gasteiger partial charge in [0.25, 0.3) is 0 Å². The highest BCUT2D eigenvalue weighted by Gasteiger charge is 2.16. The molecule has 1 unspecified atom stereocenters. The van der Waals surface area contributed by atoms with Gasteiger partial charge in [-0.3, -0.25) is 0 Å². The summed E-state index contributed by atoms with van der Waals surface area (Å²) in [7, 11) is 1.45. The van der Waals surface area contributed by atoms with E-state index in [9.17, 15) is 25.3 Å². The summed E-state index contributed by atoms with van der Waals surface area (Å²) in [6.45, 7) is 0.236. The second kappa shape index (κ2) is 8.43. The van der Waals surface area contributed by atoms with Gasteiger partial charge in [0.1, 0.15) is 18.5 Å². The van der Waals surface area contributed by atoms with Gasteiger partial charge in [0.05, 0.1) is 25.5 Å². The Kier molecular flexibility index (Phi) is 6.59. The lowest BCUT2D eigenvalue weighted by Gasteiger charge is -2.07. The number of nitrogens with zero attached hydrogens (tertiary/aromatic N) is 6. The molecule has 22 heavy (non-hydrogen) atoms. The van der Waals surface area contributed by atoms with Crippen LogP contribution in [0.2, 0.25) is 0 Å². The molecule has 0 radical (unpaired) electrons. The van der Waals surface area contributed by atoms with Crippen LogP contribution in [0.1, 0.15) is 0 Å². The number of aliphatic hydroxyl groups excluding tert-OH is 1. The largest absolute Gasteiger partial charge is 0.434 e. The van der Waals surface area contributed by atoms with Crippen molar-refractivity contribution in [1.82, 2.24) is 19.2 Å². The van der Waals surface area contributed by atoms with Crippen molar-refractivity contribution in [3.8, 4) is 0 Å². The van der Waals surface area contributed by atoms with Crippen LogP contribution in [0.5, 0.6) is 0 Å². The summed E-state index contributed by atoms with van der Waals surface area (Å²) in [5.41, 5.74) is 0. The first kappa shape index (κ1) is 17.2. The maximum atomic E-state index is 10.4. The van der Waals surface area contributed by atoms with Gasteiger partial charge in [-0.25, -0.2) is 19.7 Å². The molecule has 12 nitrogen and oxygen atoms in total. The third-order valence-electron chi connectivity index (χ3n) is 2.30. The molecule has 0 amide bonds. The molecule has 0 aromatic carbocycles. The summed E-state index contributed by atoms with van der Waals surface area (Å²) in [5, 5.41) is 29.0. The molecule has 0 saturated carbocycles. The number of rotatable bonds is 6. The van der Waals surface area contributed by atoms with Gasteiger partial charge in [0.2, 0.25) is 0 Å². The average Bonchev–Trinajstić information content (AvgIpc) is 3.10. The molecule has 0 fully saturated rings. The van der Waals surface area contributed by atoms with E-state index in [0.29, 0.717) is 0 Å². The molecule has 2 aromatic heterocycles. The molecule has 0 bridgehead atoms. The summed E-state index contributed by atoms with van der Waals surface area (Å²) in [4.78, 5) is 26.6. The number of ether oxygens (including phenoxy) is 1. The number of aromatic nitrogens is 4. The molecular weight excluding hydrogens is 300 g/mol. The van der Waals surface area contributed by atoms with Crippen molar-refractivity contribution >= 4 is 5.95 Å². The summed E-state index contributed by atoms with van der Waals surface area (Å²) >= 11 is 0. The lowest BCUT2D eigenvalue weighted by molar-refractivity contribution is -0.542. The number of aliphatic hydroxyl groups is 1. The molecule has 1 atom stereocenters. The number of methoxy groups -OCH3 is 1. The van der Waals surface area contributed by atoms with E-state index in [4.69, 9.17) is 4.74 Å². The topological polar surface area (TPSA) is 151 Å². The van der Waals surface area contributed by atoms with Crippen molar-refractivity contribution < 1.29 is 19.8 Å². The molecule has 0 aliphatic rings. The smallest absolute Gasteiger partial charge is 0.390 e. The van der Waals surface area contributed by atoms with Crippen LogP contribution in [0.25, 0.3) is 0 Å². The lowest BCUT2D eigenvalue weighted by Crippen LogP contribution is -2.21. The highest BCUT2D eigenvalue weighted by atomic mass is 16.7. The van der Waals surface area contributed by atoms with E-state index in [-0.39, 0.29) is 19.1 Å². The van der Waals surface area contributed by atoms with E-state index in [2.05, 4.69) is 9.97 Å². The van der Waals surface area contributed by atoms with Crippen LogP contribution in [0, 0.1) is 20.2 Å². The second-order valence-corrected chi connectivity index (χ2v) is 3.93. The zero-order valence-corrected chi connectivity index (χ0v) is 11.6. The Morgan fingerprint density at radius 3 is 2.55 bits per heavy atom. The molecule has 12 heteroatoms. The van der Waals surface area contributed by atoms with Crippen LogP contribution in [-0.4, -0.2) is 54.1 Å². The summed E-state index contributed by atoms with van der Waals surface area (Å²) in [5.74, 6) is -0.278. The van der Waals surface area contributed by atoms with Gasteiger partial charge >= 0.3 is 5.95 Å². The lowest BCUT2D eigenvalue weighted by atomic mass is 10.4. The molecule has 1 N–H and O–H groups in total. The van der Waals surface area contributed by atoms with E-state index in [1.54, 1.807) is 0 Å². The van der Waals surface area contributed by atoms with Gasteiger partial charge in [-0.1, -0.05) is 9.66 Å². The van der Waals surface area contributed by atoms with Crippen LogP contribution in [0.3, 0.4) is 0 Å². The molecule has 120 valence electrons. The number of nitro groups is 2. The first-order chi connectivity index (χ1) is 10.5. The fourth-order valence-corrected chi connectivity index (χ4v) is 1.44. The van der Waals surface area contributed by atoms with Gasteiger partial charge in [0, 0.05) is 7.11 Å². The van der Waals surface area contributed by atoms with E-state index in [1.807, 2.05) is 0 Å². The van der Waals surface area contributed by atoms with Gasteiger partial charge in [0.15, 0.2) is 11.4 Å². The Morgan fingerprint density at radius 2 is 2.09 bits per heavy atom. The molecule has 2 heterocycles. The van der Waals surface area contributed by atoms with E-state index in [1.165, 1.54) is 36.5 Å². The molecular formula is C10H14N6O6. The SMILES string of the molecule is COCC(O)Cn1ccnc1[N+](=O)[O-].O=[N+]([O-])n1ccnc1. The van der Waals surface area contributed by atoms with Crippen molar-refractivity contribution in [3.63, 3.8) is 0 Å². The zero-order chi connectivity index (χ0) is 16.5. The van der Waals surface area contributed by atoms with Gasteiger partial charge in [-0.05, 0) is 4.92 Å². The summed E-state index contributed by atoms with van der Waals surface area (Å²) in [6.07, 6.45) is 5.73. The number of hydrogen-bond acceptors (Lipinski definition) is 8. The summed E-state index contributed by atoms with van der Waals surface area (Å²) in [6, 6.07) is 0. The van der Waals surface area contributed by atoms with Crippen molar-refractivity contribution in [3.05, 3.63) is 51.3 Å². The van der Waals surface area contributed by atoms with Gasteiger partial charge in [-0.2, -0.15) is 0 Å². The third kappa shape index (κ3) is 5.26. The van der Waals surface area contributed by atoms with Crippen LogP contribution < -0.4 is 0 Å². The molecule has 0 spiro atoms. The van der Waals surface area contributed by atoms with Crippen molar-refractivity contribution in [1.29, 1.82) is 0 Å². The molecule has 2 rings (SSSR count). The second-order valence-electron chi connectivity index (χ2n) is 3.93. The van der Waals surface area contributed by atoms with E-state index >= 15 is 0 Å². The van der Waals surface area contributed by atoms with E-state index < -0.39 is 16.1 Å². The van der Waals surface area contributed by atoms with Crippen LogP contribution in [0.4, 0.5) is 5.95 Å². The van der Waals surface area contributed by atoms with Crippen molar-refractivity contribution in [2.45, 2.75) is 12.6 Å². The highest BCUT2D eigenvalue weighted by molar-refractivity contribution is 5.06. The quantitative estimate of drug-likeness (QED) is 0.564. The Morgan fingerprint density at radius 1 is 1.36 bits per heavy atom. The zero-order valence-electron chi connectivity index (χ0n) is 11.6. The fraction of sp³-hybridized carbons (Fsp3) is 0.400. The standard InChI is InChI=1S/C7H11N3O4.C3H3N3O2/c1-14-5-6(11)4-9-3-2-8-7(9)10(12)13;7-6(8)5-2-1-4-3-5/h2-3,6,11H,4-5H2,1H3;1-3H. The van der Waals surface area contributed by atoms with Crippen molar-refractivity contribution in [2.75, 3.05) is 13.7 Å². The Hall–Kier alpha value is -2.86. The van der Waals surface area contributed by atoms with Crippen molar-refractivity contribution in [2.24, 2.45) is 0 Å². The minimum absolute atomic E-state index is 0.101. The Bertz CT molecular complexity index is 597. The van der Waals surface area contributed by atoms with Crippen LogP contribution >= 0.6 is 0 Å². The first-order valence-electron chi connectivity index (χ1n) is 5.90. The normalized spacial score (nSPS) is 11.4. The van der Waals surface area contributed by atoms with Crippen LogP contribution in [0.15, 0.2) is 31.1 Å². The van der Waals surface area contributed by atoms with Gasteiger partial charge < -0.3 is 20.0 Å². The first-order valence-corrected chi connectivity index (χ1v) is 5.90. The molecule has 2 aromatic rings. The molecule has 0 aliphatic heterocycles. The molecule has 0 saturated heterocycles. The monoisotopic (exact) mass is 314 g/mol. The van der Waals surface area contributed by atoms with E-state index in [0.717, 1.165) is 11.0 Å². The maximum Gasteiger partial charge on any atom is 0.434 e. The third-order valence-corrected chi connectivity index (χ3v) is 2.30. The number of imidazole rings is 2. The average molecular weight is 314 g/mol. The highest BCUT2D eigenvalue weighted by Crippen LogP contribution is 2.08. The predicted octanol–water partition coefficient (Wildman–Crippen LogP) is -0.279. The predicted molar refractivity (Wildman–Crippen MR) is 71.4 cm³/mol. The molecule has 0 aliphatic carbocycles. The summed E-state index contributed by atoms with van der Waals surface area (Å²) < 4.78 is 6.74. The van der Waals surface area contributed by atoms with Crippen LogP contribution in [-0.2, 0) is 11.3 Å². The fourth-order valence-electron chi connectivity index (χ4n) is 1.44. The Labute approximate surface area is 123 Å².